The zero-order valence-electron chi connectivity index (χ0n) is 11.7. The van der Waals surface area contributed by atoms with Gasteiger partial charge in [-0.25, -0.2) is 4.98 Å². The summed E-state index contributed by atoms with van der Waals surface area (Å²) in [6.07, 6.45) is 1.86. The molecule has 2 rings (SSSR count). The topological polar surface area (TPSA) is 47.0 Å². The van der Waals surface area contributed by atoms with E-state index in [-0.39, 0.29) is 0 Å². The van der Waals surface area contributed by atoms with Crippen LogP contribution in [-0.2, 0) is 13.0 Å². The van der Waals surface area contributed by atoms with Crippen LogP contribution >= 0.6 is 15.9 Å². The fourth-order valence-electron chi connectivity index (χ4n) is 1.78. The molecule has 1 heterocycles. The molecule has 0 spiro atoms. The molecule has 20 heavy (non-hydrogen) atoms. The van der Waals surface area contributed by atoms with Gasteiger partial charge in [-0.2, -0.15) is 4.98 Å². The second-order valence-electron chi connectivity index (χ2n) is 4.39. The Morgan fingerprint density at radius 3 is 2.75 bits per heavy atom. The van der Waals surface area contributed by atoms with Gasteiger partial charge in [0.2, 0.25) is 5.88 Å². The van der Waals surface area contributed by atoms with Gasteiger partial charge < -0.3 is 10.1 Å². The molecule has 1 aromatic carbocycles. The van der Waals surface area contributed by atoms with Crippen molar-refractivity contribution in [3.05, 3.63) is 46.2 Å². The van der Waals surface area contributed by atoms with Gasteiger partial charge in [-0.1, -0.05) is 41.1 Å². The third kappa shape index (κ3) is 3.93. The predicted octanol–water partition coefficient (Wildman–Crippen LogP) is 3.81. The van der Waals surface area contributed by atoms with E-state index in [9.17, 15) is 0 Å². The van der Waals surface area contributed by atoms with Crippen molar-refractivity contribution >= 4 is 21.7 Å². The van der Waals surface area contributed by atoms with Crippen molar-refractivity contribution in [1.29, 1.82) is 0 Å². The number of hydrogen-bond acceptors (Lipinski definition) is 4. The van der Waals surface area contributed by atoms with Crippen molar-refractivity contribution in [1.82, 2.24) is 9.97 Å². The molecule has 106 valence electrons. The van der Waals surface area contributed by atoms with E-state index in [4.69, 9.17) is 4.74 Å². The maximum Gasteiger partial charge on any atom is 0.219 e. The van der Waals surface area contributed by atoms with E-state index in [1.807, 2.05) is 37.4 Å². The molecule has 1 N–H and O–H groups in total. The van der Waals surface area contributed by atoms with E-state index in [1.165, 1.54) is 0 Å². The van der Waals surface area contributed by atoms with Crippen LogP contribution < -0.4 is 10.1 Å². The lowest BCUT2D eigenvalue weighted by molar-refractivity contribution is 0.291. The molecule has 0 unspecified atom stereocenters. The summed E-state index contributed by atoms with van der Waals surface area (Å²) in [5.74, 6) is 2.19. The highest BCUT2D eigenvalue weighted by molar-refractivity contribution is 9.10. The molecule has 0 saturated heterocycles. The molecule has 4 nitrogen and oxygen atoms in total. The number of aromatic nitrogens is 2. The minimum absolute atomic E-state index is 0.479. The highest BCUT2D eigenvalue weighted by atomic mass is 79.9. The second kappa shape index (κ2) is 7.24. The van der Waals surface area contributed by atoms with E-state index in [2.05, 4.69) is 38.1 Å². The van der Waals surface area contributed by atoms with Crippen molar-refractivity contribution in [2.45, 2.75) is 26.4 Å². The summed E-state index contributed by atoms with van der Waals surface area (Å²) in [6, 6.07) is 9.81. The Morgan fingerprint density at radius 1 is 1.25 bits per heavy atom. The van der Waals surface area contributed by atoms with Crippen LogP contribution in [0.25, 0.3) is 0 Å². The molecule has 1 aromatic heterocycles. The lowest BCUT2D eigenvalue weighted by Gasteiger charge is -2.10. The molecule has 2 aromatic rings. The van der Waals surface area contributed by atoms with Gasteiger partial charge in [0, 0.05) is 29.6 Å². The van der Waals surface area contributed by atoms with Crippen LogP contribution in [0.15, 0.2) is 34.8 Å². The highest BCUT2D eigenvalue weighted by Gasteiger charge is 2.06. The zero-order valence-corrected chi connectivity index (χ0v) is 13.3. The summed E-state index contributed by atoms with van der Waals surface area (Å²) >= 11 is 3.51. The monoisotopic (exact) mass is 335 g/mol. The Kier molecular flexibility index (Phi) is 5.35. The third-order valence-corrected chi connectivity index (χ3v) is 3.59. The first-order valence-electron chi connectivity index (χ1n) is 6.65. The van der Waals surface area contributed by atoms with Gasteiger partial charge in [0.15, 0.2) is 0 Å². The van der Waals surface area contributed by atoms with Crippen LogP contribution in [-0.4, -0.2) is 17.0 Å². The molecule has 0 aliphatic heterocycles. The minimum Gasteiger partial charge on any atom is -0.473 e. The van der Waals surface area contributed by atoms with Crippen LogP contribution in [0.4, 0.5) is 5.82 Å². The van der Waals surface area contributed by atoms with Crippen LogP contribution in [0, 0.1) is 0 Å². The Morgan fingerprint density at radius 2 is 2.05 bits per heavy atom. The smallest absolute Gasteiger partial charge is 0.219 e. The van der Waals surface area contributed by atoms with E-state index in [0.717, 1.165) is 34.5 Å². The number of anilines is 1. The molecule has 0 radical (unpaired) electrons. The molecule has 0 aliphatic carbocycles. The highest BCUT2D eigenvalue weighted by Crippen LogP contribution is 2.19. The van der Waals surface area contributed by atoms with Crippen molar-refractivity contribution in [2.24, 2.45) is 0 Å². The number of ether oxygens (including phenoxy) is 1. The molecule has 0 fully saturated rings. The molecule has 0 saturated carbocycles. The first-order valence-corrected chi connectivity index (χ1v) is 7.44. The number of nitrogens with one attached hydrogen (secondary N) is 1. The third-order valence-electron chi connectivity index (χ3n) is 2.81. The quantitative estimate of drug-likeness (QED) is 0.871. The maximum atomic E-state index is 5.78. The van der Waals surface area contributed by atoms with Crippen LogP contribution in [0.5, 0.6) is 5.88 Å². The van der Waals surface area contributed by atoms with Crippen LogP contribution in [0.1, 0.15) is 24.7 Å². The first kappa shape index (κ1) is 14.8. The number of nitrogens with zero attached hydrogens (tertiary/aromatic N) is 2. The fourth-order valence-corrected chi connectivity index (χ4v) is 2.18. The van der Waals surface area contributed by atoms with Crippen LogP contribution in [0.2, 0.25) is 0 Å². The van der Waals surface area contributed by atoms with E-state index >= 15 is 0 Å². The van der Waals surface area contributed by atoms with Gasteiger partial charge >= 0.3 is 0 Å². The average Bonchev–Trinajstić information content (AvgIpc) is 2.46. The SMILES string of the molecule is CCCc1nc(NC)cc(OCc2ccccc2Br)n1. The zero-order chi connectivity index (χ0) is 14.4. The molecular weight excluding hydrogens is 318 g/mol. The Hall–Kier alpha value is -1.62. The van der Waals surface area contributed by atoms with E-state index in [1.54, 1.807) is 0 Å². The van der Waals surface area contributed by atoms with Gasteiger partial charge in [0.05, 0.1) is 0 Å². The second-order valence-corrected chi connectivity index (χ2v) is 5.24. The molecule has 0 amide bonds. The normalized spacial score (nSPS) is 10.3. The van der Waals surface area contributed by atoms with Gasteiger partial charge in [0.1, 0.15) is 18.2 Å². The average molecular weight is 336 g/mol. The summed E-state index contributed by atoms with van der Waals surface area (Å²) < 4.78 is 6.82. The van der Waals surface area contributed by atoms with Crippen molar-refractivity contribution in [3.8, 4) is 5.88 Å². The molecular formula is C15H18BrN3O. The standard InChI is InChI=1S/C15H18BrN3O/c1-3-6-13-18-14(17-2)9-15(19-13)20-10-11-7-4-5-8-12(11)16/h4-5,7-9H,3,6,10H2,1-2H3,(H,17,18,19). The maximum absolute atomic E-state index is 5.78. The number of benzene rings is 1. The summed E-state index contributed by atoms with van der Waals surface area (Å²) in [7, 11) is 1.84. The molecule has 5 heteroatoms. The van der Waals surface area contributed by atoms with Gasteiger partial charge in [-0.3, -0.25) is 0 Å². The number of aryl methyl sites for hydroxylation is 1. The fraction of sp³-hybridized carbons (Fsp3) is 0.333. The first-order chi connectivity index (χ1) is 9.72. The predicted molar refractivity (Wildman–Crippen MR) is 84.0 cm³/mol. The summed E-state index contributed by atoms with van der Waals surface area (Å²) in [5.41, 5.74) is 1.09. The largest absolute Gasteiger partial charge is 0.473 e. The van der Waals surface area contributed by atoms with Crippen LogP contribution in [0.3, 0.4) is 0 Å². The van der Waals surface area contributed by atoms with E-state index in [0.29, 0.717) is 12.5 Å². The minimum atomic E-state index is 0.479. The molecule has 0 atom stereocenters. The summed E-state index contributed by atoms with van der Waals surface area (Å²) in [4.78, 5) is 8.83. The van der Waals surface area contributed by atoms with Crippen molar-refractivity contribution < 1.29 is 4.74 Å². The van der Waals surface area contributed by atoms with Crippen molar-refractivity contribution in [2.75, 3.05) is 12.4 Å². The summed E-state index contributed by atoms with van der Waals surface area (Å²) in [6.45, 7) is 2.59. The van der Waals surface area contributed by atoms with Gasteiger partial charge in [0.25, 0.3) is 0 Å². The van der Waals surface area contributed by atoms with Gasteiger partial charge in [-0.05, 0) is 12.5 Å². The van der Waals surface area contributed by atoms with Gasteiger partial charge in [-0.15, -0.1) is 0 Å². The molecule has 0 aliphatic rings. The number of rotatable bonds is 6. The molecule has 0 bridgehead atoms. The van der Waals surface area contributed by atoms with Crippen molar-refractivity contribution in [3.63, 3.8) is 0 Å². The number of hydrogen-bond donors (Lipinski definition) is 1. The Bertz CT molecular complexity index is 575. The lowest BCUT2D eigenvalue weighted by Crippen LogP contribution is -2.04. The lowest BCUT2D eigenvalue weighted by atomic mass is 10.2. The summed E-state index contributed by atoms with van der Waals surface area (Å²) in [5, 5.41) is 3.04. The number of halogens is 1. The Balaban J connectivity index is 2.12. The van der Waals surface area contributed by atoms with E-state index < -0.39 is 0 Å². The Labute approximate surface area is 127 Å².